The van der Waals surface area contributed by atoms with Crippen molar-refractivity contribution in [2.45, 2.75) is 13.1 Å². The van der Waals surface area contributed by atoms with Crippen molar-refractivity contribution >= 4 is 22.9 Å². The van der Waals surface area contributed by atoms with E-state index >= 15 is 0 Å². The van der Waals surface area contributed by atoms with Crippen LogP contribution in [0.25, 0.3) is 0 Å². The molecule has 1 aromatic heterocycles. The average molecular weight is 283 g/mol. The van der Waals surface area contributed by atoms with Gasteiger partial charge in [-0.05, 0) is 17.2 Å². The van der Waals surface area contributed by atoms with Gasteiger partial charge in [0.1, 0.15) is 5.01 Å². The monoisotopic (exact) mass is 282 g/mol. The van der Waals surface area contributed by atoms with Gasteiger partial charge in [-0.1, -0.05) is 41.7 Å². The molecule has 2 N–H and O–H groups in total. The summed E-state index contributed by atoms with van der Waals surface area (Å²) in [5.41, 5.74) is 6.91. The second-order valence-electron chi connectivity index (χ2n) is 3.93. The molecule has 0 saturated heterocycles. The molecule has 4 nitrogen and oxygen atoms in total. The molecule has 1 heterocycles. The fraction of sp³-hybridized carbons (Fsp3) is 0.333. The number of nitrogens with zero attached hydrogens (tertiary/aromatic N) is 3. The van der Waals surface area contributed by atoms with Gasteiger partial charge in [-0.3, -0.25) is 4.90 Å². The van der Waals surface area contributed by atoms with Crippen LogP contribution in [0, 0.1) is 0 Å². The number of nitrogens with two attached hydrogens (primary N) is 1. The standard InChI is InChI=1S/C12H15ClN4S/c13-12-16-15-11(18-12)9-17(7-6-14)8-10-4-2-1-3-5-10/h1-5H,6-9,14H2. The highest BCUT2D eigenvalue weighted by atomic mass is 35.5. The normalized spacial score (nSPS) is 11.1. The molecule has 2 aromatic rings. The van der Waals surface area contributed by atoms with Gasteiger partial charge in [0.2, 0.25) is 4.47 Å². The lowest BCUT2D eigenvalue weighted by atomic mass is 10.2. The van der Waals surface area contributed by atoms with Gasteiger partial charge < -0.3 is 5.73 Å². The molecule has 0 spiro atoms. The van der Waals surface area contributed by atoms with Crippen LogP contribution < -0.4 is 5.73 Å². The number of aromatic nitrogens is 2. The Bertz CT molecular complexity index is 474. The number of hydrogen-bond donors (Lipinski definition) is 1. The molecule has 96 valence electrons. The summed E-state index contributed by atoms with van der Waals surface area (Å²) in [7, 11) is 0. The third-order valence-corrected chi connectivity index (χ3v) is 3.50. The summed E-state index contributed by atoms with van der Waals surface area (Å²) in [5, 5.41) is 8.77. The largest absolute Gasteiger partial charge is 0.329 e. The van der Waals surface area contributed by atoms with Crippen LogP contribution in [0.2, 0.25) is 4.47 Å². The Morgan fingerprint density at radius 1 is 1.17 bits per heavy atom. The molecule has 0 aliphatic rings. The summed E-state index contributed by atoms with van der Waals surface area (Å²) in [4.78, 5) is 2.24. The highest BCUT2D eigenvalue weighted by molar-refractivity contribution is 7.15. The lowest BCUT2D eigenvalue weighted by Crippen LogP contribution is -2.28. The van der Waals surface area contributed by atoms with Gasteiger partial charge in [0.15, 0.2) is 0 Å². The van der Waals surface area contributed by atoms with Gasteiger partial charge in [0.05, 0.1) is 6.54 Å². The number of rotatable bonds is 6. The molecule has 0 fully saturated rings. The molecule has 0 radical (unpaired) electrons. The molecule has 0 unspecified atom stereocenters. The smallest absolute Gasteiger partial charge is 0.207 e. The van der Waals surface area contributed by atoms with Gasteiger partial charge >= 0.3 is 0 Å². The van der Waals surface area contributed by atoms with Gasteiger partial charge in [0.25, 0.3) is 0 Å². The van der Waals surface area contributed by atoms with Crippen molar-refractivity contribution in [2.24, 2.45) is 5.73 Å². The van der Waals surface area contributed by atoms with E-state index in [0.717, 1.165) is 24.6 Å². The van der Waals surface area contributed by atoms with E-state index < -0.39 is 0 Å². The second kappa shape index (κ2) is 6.80. The third-order valence-electron chi connectivity index (χ3n) is 2.50. The molecular formula is C12H15ClN4S. The minimum Gasteiger partial charge on any atom is -0.329 e. The van der Waals surface area contributed by atoms with E-state index in [0.29, 0.717) is 11.0 Å². The van der Waals surface area contributed by atoms with Crippen molar-refractivity contribution in [3.8, 4) is 0 Å². The van der Waals surface area contributed by atoms with Crippen LogP contribution in [0.1, 0.15) is 10.6 Å². The van der Waals surface area contributed by atoms with Crippen molar-refractivity contribution < 1.29 is 0 Å². The summed E-state index contributed by atoms with van der Waals surface area (Å²) >= 11 is 7.20. The minimum absolute atomic E-state index is 0.484. The first-order valence-corrected chi connectivity index (χ1v) is 6.91. The summed E-state index contributed by atoms with van der Waals surface area (Å²) in [5.74, 6) is 0. The lowest BCUT2D eigenvalue weighted by Gasteiger charge is -2.20. The Kier molecular flexibility index (Phi) is 5.07. The Morgan fingerprint density at radius 2 is 1.94 bits per heavy atom. The van der Waals surface area contributed by atoms with E-state index in [-0.39, 0.29) is 0 Å². The van der Waals surface area contributed by atoms with Gasteiger partial charge in [0, 0.05) is 19.6 Å². The van der Waals surface area contributed by atoms with Crippen LogP contribution >= 0.6 is 22.9 Å². The Hall–Kier alpha value is -1.01. The van der Waals surface area contributed by atoms with Gasteiger partial charge in [-0.15, -0.1) is 10.2 Å². The van der Waals surface area contributed by atoms with Crippen molar-refractivity contribution in [1.29, 1.82) is 0 Å². The molecule has 18 heavy (non-hydrogen) atoms. The molecule has 0 atom stereocenters. The average Bonchev–Trinajstić information content (AvgIpc) is 2.76. The molecule has 1 aromatic carbocycles. The van der Waals surface area contributed by atoms with Crippen molar-refractivity contribution in [3.05, 3.63) is 45.4 Å². The molecule has 0 amide bonds. The van der Waals surface area contributed by atoms with Crippen LogP contribution in [0.4, 0.5) is 0 Å². The maximum Gasteiger partial charge on any atom is 0.207 e. The lowest BCUT2D eigenvalue weighted by molar-refractivity contribution is 0.263. The predicted octanol–water partition coefficient (Wildman–Crippen LogP) is 2.15. The first-order chi connectivity index (χ1) is 8.78. The first-order valence-electron chi connectivity index (χ1n) is 5.72. The van der Waals surface area contributed by atoms with Crippen LogP contribution in [-0.4, -0.2) is 28.2 Å². The minimum atomic E-state index is 0.484. The van der Waals surface area contributed by atoms with E-state index in [9.17, 15) is 0 Å². The van der Waals surface area contributed by atoms with Crippen molar-refractivity contribution in [1.82, 2.24) is 15.1 Å². The molecular weight excluding hydrogens is 268 g/mol. The Morgan fingerprint density at radius 3 is 2.56 bits per heavy atom. The summed E-state index contributed by atoms with van der Waals surface area (Å²) in [6, 6.07) is 10.3. The molecule has 0 aliphatic heterocycles. The van der Waals surface area contributed by atoms with Crippen LogP contribution in [0.3, 0.4) is 0 Å². The quantitative estimate of drug-likeness (QED) is 0.882. The van der Waals surface area contributed by atoms with Gasteiger partial charge in [-0.2, -0.15) is 0 Å². The van der Waals surface area contributed by atoms with E-state index in [1.54, 1.807) is 0 Å². The van der Waals surface area contributed by atoms with Crippen LogP contribution in [0.15, 0.2) is 30.3 Å². The molecule has 0 aliphatic carbocycles. The zero-order valence-corrected chi connectivity index (χ0v) is 11.5. The Balaban J connectivity index is 1.99. The zero-order valence-electron chi connectivity index (χ0n) is 9.92. The molecule has 0 saturated carbocycles. The maximum atomic E-state index is 5.78. The van der Waals surface area contributed by atoms with Crippen LogP contribution in [-0.2, 0) is 13.1 Å². The summed E-state index contributed by atoms with van der Waals surface area (Å²) in [6.45, 7) is 3.04. The van der Waals surface area contributed by atoms with Crippen molar-refractivity contribution in [3.63, 3.8) is 0 Å². The number of halogens is 1. The van der Waals surface area contributed by atoms with E-state index in [2.05, 4.69) is 27.2 Å². The Labute approximate surface area is 115 Å². The van der Waals surface area contributed by atoms with E-state index in [1.165, 1.54) is 16.9 Å². The third kappa shape index (κ3) is 4.03. The highest BCUT2D eigenvalue weighted by Crippen LogP contribution is 2.17. The van der Waals surface area contributed by atoms with Gasteiger partial charge in [-0.25, -0.2) is 0 Å². The van der Waals surface area contributed by atoms with E-state index in [4.69, 9.17) is 17.3 Å². The zero-order chi connectivity index (χ0) is 12.8. The molecule has 2 rings (SSSR count). The molecule has 6 heteroatoms. The first kappa shape index (κ1) is 13.4. The van der Waals surface area contributed by atoms with Crippen LogP contribution in [0.5, 0.6) is 0 Å². The second-order valence-corrected chi connectivity index (χ2v) is 5.58. The summed E-state index contributed by atoms with van der Waals surface area (Å²) in [6.07, 6.45) is 0. The fourth-order valence-electron chi connectivity index (χ4n) is 1.73. The molecule has 0 bridgehead atoms. The topological polar surface area (TPSA) is 55.0 Å². The van der Waals surface area contributed by atoms with E-state index in [1.807, 2.05) is 18.2 Å². The SMILES string of the molecule is NCCN(Cc1ccccc1)Cc1nnc(Cl)s1. The highest BCUT2D eigenvalue weighted by Gasteiger charge is 2.09. The summed E-state index contributed by atoms with van der Waals surface area (Å²) < 4.78 is 0.484. The maximum absolute atomic E-state index is 5.78. The fourth-order valence-corrected chi connectivity index (χ4v) is 2.64. The van der Waals surface area contributed by atoms with Crippen molar-refractivity contribution in [2.75, 3.05) is 13.1 Å². The number of benzene rings is 1. The number of hydrogen-bond acceptors (Lipinski definition) is 5. The predicted molar refractivity (Wildman–Crippen MR) is 74.5 cm³/mol.